The van der Waals surface area contributed by atoms with Crippen LogP contribution < -0.4 is 11.1 Å². The molecule has 0 rings (SSSR count). The average molecular weight is 260 g/mol. The maximum atomic E-state index is 11.5. The van der Waals surface area contributed by atoms with E-state index in [1.165, 1.54) is 0 Å². The van der Waals surface area contributed by atoms with Gasteiger partial charge in [0.25, 0.3) is 0 Å². The molecule has 0 fully saturated rings. The third-order valence-electron chi connectivity index (χ3n) is 2.87. The third-order valence-corrected chi connectivity index (χ3v) is 2.87. The van der Waals surface area contributed by atoms with Crippen molar-refractivity contribution in [3.63, 3.8) is 0 Å². The molecule has 0 saturated heterocycles. The van der Waals surface area contributed by atoms with Gasteiger partial charge in [0, 0.05) is 6.42 Å². The van der Waals surface area contributed by atoms with E-state index in [-0.39, 0.29) is 12.3 Å². The monoisotopic (exact) mass is 260 g/mol. The zero-order valence-electron chi connectivity index (χ0n) is 10.9. The van der Waals surface area contributed by atoms with Crippen molar-refractivity contribution >= 4 is 11.9 Å². The normalized spacial score (nSPS) is 13.9. The Hall–Kier alpha value is -1.14. The highest BCUT2D eigenvalue weighted by atomic mass is 16.4. The molecule has 0 bridgehead atoms. The molecule has 0 saturated carbocycles. The molecular formula is C12H24N2O4. The van der Waals surface area contributed by atoms with Crippen LogP contribution >= 0.6 is 0 Å². The quantitative estimate of drug-likeness (QED) is 0.445. The lowest BCUT2D eigenvalue weighted by Crippen LogP contribution is -2.43. The van der Waals surface area contributed by atoms with E-state index >= 15 is 0 Å². The van der Waals surface area contributed by atoms with Crippen LogP contribution in [0.1, 0.15) is 39.0 Å². The third kappa shape index (κ3) is 7.24. The fourth-order valence-electron chi connectivity index (χ4n) is 1.86. The number of aliphatic hydroxyl groups excluding tert-OH is 1. The molecule has 6 nitrogen and oxygen atoms in total. The lowest BCUT2D eigenvalue weighted by molar-refractivity contribution is -0.143. The fourth-order valence-corrected chi connectivity index (χ4v) is 1.86. The van der Waals surface area contributed by atoms with E-state index in [4.69, 9.17) is 15.9 Å². The Kier molecular flexibility index (Phi) is 9.22. The number of hydrogen-bond acceptors (Lipinski definition) is 4. The van der Waals surface area contributed by atoms with Gasteiger partial charge in [-0.3, -0.25) is 4.79 Å². The maximum absolute atomic E-state index is 11.5. The minimum atomic E-state index is -1.22. The second-order valence-corrected chi connectivity index (χ2v) is 4.41. The number of amides is 1. The van der Waals surface area contributed by atoms with Gasteiger partial charge in [-0.05, 0) is 25.3 Å². The highest BCUT2D eigenvalue weighted by Gasteiger charge is 2.19. The van der Waals surface area contributed by atoms with E-state index in [0.717, 1.165) is 19.3 Å². The Morgan fingerprint density at radius 3 is 2.39 bits per heavy atom. The molecule has 0 aliphatic carbocycles. The second kappa shape index (κ2) is 9.85. The van der Waals surface area contributed by atoms with Gasteiger partial charge in [-0.2, -0.15) is 0 Å². The molecule has 0 aliphatic heterocycles. The van der Waals surface area contributed by atoms with Gasteiger partial charge in [-0.1, -0.05) is 19.8 Å². The molecular weight excluding hydrogens is 236 g/mol. The summed E-state index contributed by atoms with van der Waals surface area (Å²) in [4.78, 5) is 22.1. The zero-order valence-corrected chi connectivity index (χ0v) is 10.9. The molecule has 0 aromatic heterocycles. The smallest absolute Gasteiger partial charge is 0.328 e. The van der Waals surface area contributed by atoms with Crippen molar-refractivity contribution in [3.8, 4) is 0 Å². The number of carboxylic acid groups (broad SMARTS) is 1. The molecule has 2 atom stereocenters. The van der Waals surface area contributed by atoms with Crippen molar-refractivity contribution < 1.29 is 19.8 Å². The highest BCUT2D eigenvalue weighted by Crippen LogP contribution is 2.16. The summed E-state index contributed by atoms with van der Waals surface area (Å²) in [6.07, 6.45) is 3.92. The summed E-state index contributed by atoms with van der Waals surface area (Å²) in [5.74, 6) is -1.16. The van der Waals surface area contributed by atoms with E-state index in [1.807, 2.05) is 0 Å². The number of nitrogens with two attached hydrogens (primary N) is 1. The number of nitrogens with one attached hydrogen (secondary N) is 1. The molecule has 6 heteroatoms. The number of carbonyl (C=O) groups is 2. The molecule has 106 valence electrons. The lowest BCUT2D eigenvalue weighted by atomic mass is 9.94. The van der Waals surface area contributed by atoms with Crippen LogP contribution in [-0.4, -0.2) is 41.3 Å². The van der Waals surface area contributed by atoms with Gasteiger partial charge in [-0.15, -0.1) is 0 Å². The number of hydrogen-bond donors (Lipinski definition) is 4. The van der Waals surface area contributed by atoms with E-state index in [1.54, 1.807) is 0 Å². The van der Waals surface area contributed by atoms with Crippen LogP contribution in [0.2, 0.25) is 0 Å². The van der Waals surface area contributed by atoms with Crippen molar-refractivity contribution in [1.82, 2.24) is 5.32 Å². The molecule has 1 amide bonds. The highest BCUT2D eigenvalue weighted by molar-refractivity contribution is 5.83. The van der Waals surface area contributed by atoms with Gasteiger partial charge in [0.1, 0.15) is 6.04 Å². The number of rotatable bonds is 10. The number of aliphatic hydroxyl groups is 1. The summed E-state index contributed by atoms with van der Waals surface area (Å²) in [5.41, 5.74) is 5.50. The van der Waals surface area contributed by atoms with Crippen LogP contribution in [0.3, 0.4) is 0 Å². The topological polar surface area (TPSA) is 113 Å². The minimum absolute atomic E-state index is 0.272. The predicted molar refractivity (Wildman–Crippen MR) is 68.0 cm³/mol. The van der Waals surface area contributed by atoms with E-state index in [2.05, 4.69) is 12.2 Å². The van der Waals surface area contributed by atoms with Crippen molar-refractivity contribution in [1.29, 1.82) is 0 Å². The SMILES string of the molecule is CCCC(CCN)CCC(=O)NC(CO)C(=O)O. The maximum Gasteiger partial charge on any atom is 0.328 e. The van der Waals surface area contributed by atoms with E-state index in [0.29, 0.717) is 18.9 Å². The van der Waals surface area contributed by atoms with Crippen molar-refractivity contribution in [3.05, 3.63) is 0 Å². The van der Waals surface area contributed by atoms with Gasteiger partial charge >= 0.3 is 5.97 Å². The van der Waals surface area contributed by atoms with Crippen molar-refractivity contribution in [2.75, 3.05) is 13.2 Å². The summed E-state index contributed by atoms with van der Waals surface area (Å²) < 4.78 is 0. The average Bonchev–Trinajstić information content (AvgIpc) is 2.33. The largest absolute Gasteiger partial charge is 0.480 e. The molecule has 0 radical (unpaired) electrons. The molecule has 0 heterocycles. The Morgan fingerprint density at radius 1 is 1.28 bits per heavy atom. The van der Waals surface area contributed by atoms with Crippen molar-refractivity contribution in [2.45, 2.75) is 45.1 Å². The Bertz CT molecular complexity index is 252. The first-order chi connectivity index (χ1) is 8.54. The van der Waals surface area contributed by atoms with Crippen molar-refractivity contribution in [2.24, 2.45) is 11.7 Å². The molecule has 0 aromatic rings. The summed E-state index contributed by atoms with van der Waals surface area (Å²) in [6, 6.07) is -1.21. The van der Waals surface area contributed by atoms with Gasteiger partial charge in [0.15, 0.2) is 0 Å². The summed E-state index contributed by atoms with van der Waals surface area (Å²) in [6.45, 7) is 2.08. The first-order valence-corrected chi connectivity index (χ1v) is 6.38. The standard InChI is InChI=1S/C12H24N2O4/c1-2-3-9(6-7-13)4-5-11(16)14-10(8-15)12(17)18/h9-10,15H,2-8,13H2,1H3,(H,14,16)(H,17,18). The Balaban J connectivity index is 4.02. The van der Waals surface area contributed by atoms with Crippen LogP contribution in [0.4, 0.5) is 0 Å². The van der Waals surface area contributed by atoms with E-state index in [9.17, 15) is 9.59 Å². The summed E-state index contributed by atoms with van der Waals surface area (Å²) in [5, 5.41) is 19.7. The molecule has 18 heavy (non-hydrogen) atoms. The number of aliphatic carboxylic acids is 1. The van der Waals surface area contributed by atoms with E-state index < -0.39 is 18.6 Å². The minimum Gasteiger partial charge on any atom is -0.480 e. The Labute approximate surface area is 108 Å². The fraction of sp³-hybridized carbons (Fsp3) is 0.833. The first-order valence-electron chi connectivity index (χ1n) is 6.38. The van der Waals surface area contributed by atoms with Gasteiger partial charge in [0.2, 0.25) is 5.91 Å². The van der Waals surface area contributed by atoms with Crippen LogP contribution in [0.15, 0.2) is 0 Å². The molecule has 0 aliphatic rings. The van der Waals surface area contributed by atoms with Gasteiger partial charge < -0.3 is 21.3 Å². The van der Waals surface area contributed by atoms with Crippen LogP contribution in [0.5, 0.6) is 0 Å². The molecule has 0 spiro atoms. The zero-order chi connectivity index (χ0) is 14.0. The lowest BCUT2D eigenvalue weighted by Gasteiger charge is -2.16. The van der Waals surface area contributed by atoms with Crippen LogP contribution in [0.25, 0.3) is 0 Å². The van der Waals surface area contributed by atoms with Crippen LogP contribution in [-0.2, 0) is 9.59 Å². The molecule has 2 unspecified atom stereocenters. The number of carboxylic acids is 1. The van der Waals surface area contributed by atoms with Crippen LogP contribution in [0, 0.1) is 5.92 Å². The molecule has 0 aromatic carbocycles. The predicted octanol–water partition coefficient (Wildman–Crippen LogP) is 0.0934. The second-order valence-electron chi connectivity index (χ2n) is 4.41. The number of carbonyl (C=O) groups excluding carboxylic acids is 1. The molecule has 5 N–H and O–H groups in total. The van der Waals surface area contributed by atoms with Gasteiger partial charge in [-0.25, -0.2) is 4.79 Å². The van der Waals surface area contributed by atoms with Gasteiger partial charge in [0.05, 0.1) is 6.61 Å². The summed E-state index contributed by atoms with van der Waals surface area (Å²) >= 11 is 0. The first kappa shape index (κ1) is 16.9. The summed E-state index contributed by atoms with van der Waals surface area (Å²) in [7, 11) is 0. The Morgan fingerprint density at radius 2 is 1.94 bits per heavy atom.